The van der Waals surface area contributed by atoms with Crippen LogP contribution >= 0.6 is 24.0 Å². The van der Waals surface area contributed by atoms with E-state index in [0.717, 1.165) is 16.8 Å². The van der Waals surface area contributed by atoms with Crippen LogP contribution in [-0.2, 0) is 21.3 Å². The van der Waals surface area contributed by atoms with Crippen molar-refractivity contribution in [2.75, 3.05) is 25.6 Å². The number of nitrogens with one attached hydrogen (secondary N) is 2. The van der Waals surface area contributed by atoms with Crippen LogP contribution in [0.2, 0.25) is 0 Å². The summed E-state index contributed by atoms with van der Waals surface area (Å²) >= 11 is 0. The van der Waals surface area contributed by atoms with Crippen LogP contribution in [0.1, 0.15) is 11.1 Å². The van der Waals surface area contributed by atoms with Crippen LogP contribution in [0.3, 0.4) is 0 Å². The van der Waals surface area contributed by atoms with Gasteiger partial charge in [0.2, 0.25) is 10.0 Å². The van der Waals surface area contributed by atoms with Crippen LogP contribution in [-0.4, -0.2) is 34.6 Å². The third-order valence-corrected chi connectivity index (χ3v) is 5.02. The summed E-state index contributed by atoms with van der Waals surface area (Å²) in [5.41, 5.74) is 8.63. The predicted molar refractivity (Wildman–Crippen MR) is 119 cm³/mol. The topological polar surface area (TPSA) is 106 Å². The van der Waals surface area contributed by atoms with Gasteiger partial charge in [-0.1, -0.05) is 29.8 Å². The van der Waals surface area contributed by atoms with Crippen molar-refractivity contribution in [2.24, 2.45) is 10.7 Å². The van der Waals surface area contributed by atoms with Crippen molar-refractivity contribution < 1.29 is 13.2 Å². The highest BCUT2D eigenvalue weighted by Gasteiger charge is 2.13. The van der Waals surface area contributed by atoms with Gasteiger partial charge in [0.15, 0.2) is 5.96 Å². The number of guanidine groups is 1. The number of nitrogens with two attached hydrogens (primary N) is 1. The van der Waals surface area contributed by atoms with Gasteiger partial charge in [0.05, 0.1) is 18.0 Å². The maximum atomic E-state index is 12.2. The number of sulfonamides is 1. The number of methoxy groups -OCH3 is 1. The molecule has 2 aromatic rings. The Bertz CT molecular complexity index is 855. The fraction of sp³-hybridized carbons (Fsp3) is 0.278. The van der Waals surface area contributed by atoms with E-state index in [2.05, 4.69) is 15.0 Å². The van der Waals surface area contributed by atoms with Crippen LogP contribution in [0.15, 0.2) is 58.4 Å². The minimum atomic E-state index is -3.57. The minimum absolute atomic E-state index is 0. The molecule has 7 nitrogen and oxygen atoms in total. The summed E-state index contributed by atoms with van der Waals surface area (Å²) in [5, 5.41) is 3.00. The zero-order chi connectivity index (χ0) is 19.0. The molecule has 4 N–H and O–H groups in total. The molecule has 9 heteroatoms. The van der Waals surface area contributed by atoms with E-state index in [1.165, 1.54) is 13.2 Å². The van der Waals surface area contributed by atoms with Crippen molar-refractivity contribution in [3.8, 4) is 0 Å². The number of ether oxygens (including phenoxy) is 1. The molecular weight excluding hydrogens is 479 g/mol. The summed E-state index contributed by atoms with van der Waals surface area (Å²) in [7, 11) is -2.06. The summed E-state index contributed by atoms with van der Waals surface area (Å²) in [6, 6.07) is 14.4. The first-order valence-electron chi connectivity index (χ1n) is 8.12. The van der Waals surface area contributed by atoms with Crippen LogP contribution in [0.5, 0.6) is 0 Å². The molecule has 0 aliphatic heterocycles. The van der Waals surface area contributed by atoms with Gasteiger partial charge in [-0.2, -0.15) is 0 Å². The molecule has 0 fully saturated rings. The number of nitrogens with zero attached hydrogens (tertiary/aromatic N) is 1. The number of aryl methyl sites for hydroxylation is 1. The SMILES string of the molecule is COCCNS(=O)(=O)c1cccc(CN=C(N)Nc2ccc(C)cc2)c1.I. The Kier molecular flexibility index (Phi) is 9.70. The van der Waals surface area contributed by atoms with Crippen molar-refractivity contribution in [2.45, 2.75) is 18.4 Å². The zero-order valence-corrected chi connectivity index (χ0v) is 18.5. The van der Waals surface area contributed by atoms with Gasteiger partial charge in [-0.25, -0.2) is 18.1 Å². The number of halogens is 1. The zero-order valence-electron chi connectivity index (χ0n) is 15.3. The molecule has 0 unspecified atom stereocenters. The molecule has 0 aliphatic carbocycles. The maximum Gasteiger partial charge on any atom is 0.240 e. The van der Waals surface area contributed by atoms with Gasteiger partial charge >= 0.3 is 0 Å². The first-order valence-corrected chi connectivity index (χ1v) is 9.60. The molecule has 2 aromatic carbocycles. The average Bonchev–Trinajstić information content (AvgIpc) is 2.62. The van der Waals surface area contributed by atoms with Crippen LogP contribution in [0, 0.1) is 6.92 Å². The van der Waals surface area contributed by atoms with E-state index < -0.39 is 10.0 Å². The third-order valence-electron chi connectivity index (χ3n) is 3.56. The van der Waals surface area contributed by atoms with E-state index in [1.807, 2.05) is 31.2 Å². The largest absolute Gasteiger partial charge is 0.383 e. The lowest BCUT2D eigenvalue weighted by Crippen LogP contribution is -2.27. The normalized spacial score (nSPS) is 11.7. The molecule has 0 radical (unpaired) electrons. The lowest BCUT2D eigenvalue weighted by molar-refractivity contribution is 0.204. The molecule has 27 heavy (non-hydrogen) atoms. The van der Waals surface area contributed by atoms with Gasteiger partial charge in [0, 0.05) is 19.3 Å². The molecule has 0 saturated carbocycles. The van der Waals surface area contributed by atoms with Crippen molar-refractivity contribution >= 4 is 45.6 Å². The summed E-state index contributed by atoms with van der Waals surface area (Å²) in [6.07, 6.45) is 0. The quantitative estimate of drug-likeness (QED) is 0.222. The Morgan fingerprint density at radius 1 is 1.19 bits per heavy atom. The van der Waals surface area contributed by atoms with Gasteiger partial charge in [-0.3, -0.25) is 0 Å². The summed E-state index contributed by atoms with van der Waals surface area (Å²) < 4.78 is 31.8. The number of hydrogen-bond acceptors (Lipinski definition) is 4. The average molecular weight is 504 g/mol. The molecule has 0 atom stereocenters. The van der Waals surface area contributed by atoms with Crippen molar-refractivity contribution in [1.29, 1.82) is 0 Å². The van der Waals surface area contributed by atoms with Crippen molar-refractivity contribution in [3.05, 3.63) is 59.7 Å². The highest BCUT2D eigenvalue weighted by atomic mass is 127. The second kappa shape index (κ2) is 11.2. The third kappa shape index (κ3) is 7.83. The Hall–Kier alpha value is -1.69. The van der Waals surface area contributed by atoms with Gasteiger partial charge in [-0.15, -0.1) is 24.0 Å². The monoisotopic (exact) mass is 504 g/mol. The molecular formula is C18H25IN4O3S. The molecule has 148 valence electrons. The fourth-order valence-corrected chi connectivity index (χ4v) is 3.26. The van der Waals surface area contributed by atoms with E-state index in [0.29, 0.717) is 6.61 Å². The van der Waals surface area contributed by atoms with E-state index >= 15 is 0 Å². The molecule has 0 heterocycles. The fourth-order valence-electron chi connectivity index (χ4n) is 2.17. The van der Waals surface area contributed by atoms with Crippen LogP contribution < -0.4 is 15.8 Å². The van der Waals surface area contributed by atoms with E-state index in [1.54, 1.807) is 18.2 Å². The highest BCUT2D eigenvalue weighted by Crippen LogP contribution is 2.13. The van der Waals surface area contributed by atoms with Gasteiger partial charge < -0.3 is 15.8 Å². The second-order valence-electron chi connectivity index (χ2n) is 5.73. The number of anilines is 1. The molecule has 0 spiro atoms. The van der Waals surface area contributed by atoms with Crippen LogP contribution in [0.4, 0.5) is 5.69 Å². The van der Waals surface area contributed by atoms with E-state index in [9.17, 15) is 8.42 Å². The smallest absolute Gasteiger partial charge is 0.240 e. The van der Waals surface area contributed by atoms with Gasteiger partial charge in [0.1, 0.15) is 0 Å². The number of aliphatic imine (C=N–C) groups is 1. The second-order valence-corrected chi connectivity index (χ2v) is 7.50. The predicted octanol–water partition coefficient (Wildman–Crippen LogP) is 2.46. The Balaban J connectivity index is 0.00000364. The maximum absolute atomic E-state index is 12.2. The van der Waals surface area contributed by atoms with E-state index in [4.69, 9.17) is 10.5 Å². The van der Waals surface area contributed by atoms with Gasteiger partial charge in [0.25, 0.3) is 0 Å². The van der Waals surface area contributed by atoms with Crippen molar-refractivity contribution in [3.63, 3.8) is 0 Å². The van der Waals surface area contributed by atoms with Gasteiger partial charge in [-0.05, 0) is 36.8 Å². The minimum Gasteiger partial charge on any atom is -0.383 e. The molecule has 0 aromatic heterocycles. The lowest BCUT2D eigenvalue weighted by Gasteiger charge is -2.08. The first kappa shape index (κ1) is 23.3. The van der Waals surface area contributed by atoms with Crippen LogP contribution in [0.25, 0.3) is 0 Å². The Morgan fingerprint density at radius 3 is 2.56 bits per heavy atom. The molecule has 0 saturated heterocycles. The summed E-state index contributed by atoms with van der Waals surface area (Å²) in [4.78, 5) is 4.45. The molecule has 0 aliphatic rings. The summed E-state index contributed by atoms with van der Waals surface area (Å²) in [5.74, 6) is 0.264. The Morgan fingerprint density at radius 2 is 1.89 bits per heavy atom. The number of rotatable bonds is 8. The van der Waals surface area contributed by atoms with Crippen molar-refractivity contribution in [1.82, 2.24) is 4.72 Å². The first-order chi connectivity index (χ1) is 12.4. The molecule has 0 amide bonds. The standard InChI is InChI=1S/C18H24N4O3S.HI/c1-14-6-8-16(9-7-14)22-18(19)20-13-15-4-3-5-17(12-15)26(23,24)21-10-11-25-2;/h3-9,12,21H,10-11,13H2,1-2H3,(H3,19,20,22);1H. The highest BCUT2D eigenvalue weighted by molar-refractivity contribution is 14.0. The Labute approximate surface area is 177 Å². The molecule has 0 bridgehead atoms. The number of hydrogen-bond donors (Lipinski definition) is 3. The molecule has 2 rings (SSSR count). The van der Waals surface area contributed by atoms with E-state index in [-0.39, 0.29) is 47.9 Å². The summed E-state index contributed by atoms with van der Waals surface area (Å²) in [6.45, 7) is 2.80. The number of benzene rings is 2. The lowest BCUT2D eigenvalue weighted by atomic mass is 10.2.